The van der Waals surface area contributed by atoms with E-state index in [9.17, 15) is 9.90 Å². The second-order valence-electron chi connectivity index (χ2n) is 9.82. The number of amides is 1. The topological polar surface area (TPSA) is 67.8 Å². The number of alkyl carbamates (subject to hydrolysis) is 1. The van der Waals surface area contributed by atoms with Crippen molar-refractivity contribution in [3.05, 3.63) is 89.5 Å². The third-order valence-corrected chi connectivity index (χ3v) is 6.01. The van der Waals surface area contributed by atoms with Gasteiger partial charge in [0.2, 0.25) is 0 Å². The summed E-state index contributed by atoms with van der Waals surface area (Å²) in [5, 5.41) is 12.6. The second kappa shape index (κ2) is 11.6. The zero-order valence-corrected chi connectivity index (χ0v) is 21.6. The SMILES string of the molecule is CC(C)(C)Oc1ccc(C[C@H](CO)CNC(=O)OCC2c3ccccc3-c3ccccc32)cc1.S. The fourth-order valence-corrected chi connectivity index (χ4v) is 4.46. The molecule has 0 saturated carbocycles. The smallest absolute Gasteiger partial charge is 0.407 e. The molecule has 0 heterocycles. The zero-order valence-electron chi connectivity index (χ0n) is 20.6. The van der Waals surface area contributed by atoms with E-state index in [2.05, 4.69) is 29.6 Å². The van der Waals surface area contributed by atoms with Crippen molar-refractivity contribution in [1.82, 2.24) is 5.32 Å². The quantitative estimate of drug-likeness (QED) is 0.425. The van der Waals surface area contributed by atoms with E-state index in [0.29, 0.717) is 13.0 Å². The van der Waals surface area contributed by atoms with Crippen molar-refractivity contribution >= 4 is 19.6 Å². The van der Waals surface area contributed by atoms with Gasteiger partial charge >= 0.3 is 6.09 Å². The molecule has 0 saturated heterocycles. The van der Waals surface area contributed by atoms with Crippen molar-refractivity contribution in [3.8, 4) is 16.9 Å². The van der Waals surface area contributed by atoms with Crippen LogP contribution >= 0.6 is 13.5 Å². The molecule has 0 unspecified atom stereocenters. The van der Waals surface area contributed by atoms with Crippen LogP contribution in [0.2, 0.25) is 0 Å². The Kier molecular flexibility index (Phi) is 8.87. The molecule has 1 aliphatic rings. The number of rotatable bonds is 8. The summed E-state index contributed by atoms with van der Waals surface area (Å²) < 4.78 is 11.5. The van der Waals surface area contributed by atoms with E-state index in [1.807, 2.05) is 69.3 Å². The minimum Gasteiger partial charge on any atom is -0.488 e. The second-order valence-corrected chi connectivity index (χ2v) is 9.82. The van der Waals surface area contributed by atoms with E-state index >= 15 is 0 Å². The van der Waals surface area contributed by atoms with E-state index in [-0.39, 0.29) is 44.1 Å². The number of ether oxygens (including phenoxy) is 2. The predicted molar refractivity (Wildman–Crippen MR) is 145 cm³/mol. The Morgan fingerprint density at radius 1 is 0.943 bits per heavy atom. The summed E-state index contributed by atoms with van der Waals surface area (Å²) in [5.74, 6) is 0.740. The molecule has 186 valence electrons. The van der Waals surface area contributed by atoms with E-state index in [1.165, 1.54) is 22.3 Å². The lowest BCUT2D eigenvalue weighted by molar-refractivity contribution is 0.131. The van der Waals surface area contributed by atoms with E-state index < -0.39 is 6.09 Å². The molecule has 2 N–H and O–H groups in total. The van der Waals surface area contributed by atoms with Crippen LogP contribution < -0.4 is 10.1 Å². The molecule has 1 amide bonds. The predicted octanol–water partition coefficient (Wildman–Crippen LogP) is 5.67. The molecule has 6 heteroatoms. The first-order valence-electron chi connectivity index (χ1n) is 11.8. The number of nitrogens with one attached hydrogen (secondary N) is 1. The molecule has 35 heavy (non-hydrogen) atoms. The Morgan fingerprint density at radius 3 is 2.06 bits per heavy atom. The number of carbonyl (C=O) groups excluding carboxylic acids is 1. The van der Waals surface area contributed by atoms with Crippen LogP contribution in [-0.2, 0) is 11.2 Å². The summed E-state index contributed by atoms with van der Waals surface area (Å²) in [6.07, 6.45) is 0.185. The molecule has 0 aromatic heterocycles. The van der Waals surface area contributed by atoms with Crippen molar-refractivity contribution < 1.29 is 19.4 Å². The number of benzene rings is 3. The molecule has 0 aliphatic heterocycles. The van der Waals surface area contributed by atoms with Crippen LogP contribution in [0.4, 0.5) is 4.79 Å². The first kappa shape index (κ1) is 26.6. The highest BCUT2D eigenvalue weighted by Gasteiger charge is 2.29. The normalized spacial score (nSPS) is 13.3. The molecule has 1 atom stereocenters. The summed E-state index contributed by atoms with van der Waals surface area (Å²) in [4.78, 5) is 12.4. The van der Waals surface area contributed by atoms with Crippen LogP contribution in [0.1, 0.15) is 43.4 Å². The van der Waals surface area contributed by atoms with E-state index in [0.717, 1.165) is 11.3 Å². The minimum absolute atomic E-state index is 0. The van der Waals surface area contributed by atoms with Crippen LogP contribution in [0.3, 0.4) is 0 Å². The minimum atomic E-state index is -0.464. The average Bonchev–Trinajstić information content (AvgIpc) is 3.14. The lowest BCUT2D eigenvalue weighted by atomic mass is 9.98. The Balaban J connectivity index is 0.00000342. The fraction of sp³-hybridized carbons (Fsp3) is 0.345. The van der Waals surface area contributed by atoms with Gasteiger partial charge in [0, 0.05) is 25.0 Å². The van der Waals surface area contributed by atoms with Crippen molar-refractivity contribution in [2.24, 2.45) is 5.92 Å². The first-order valence-corrected chi connectivity index (χ1v) is 11.8. The first-order chi connectivity index (χ1) is 16.3. The molecular formula is C29H35NO4S. The van der Waals surface area contributed by atoms with Gasteiger partial charge in [-0.3, -0.25) is 0 Å². The summed E-state index contributed by atoms with van der Waals surface area (Å²) >= 11 is 0. The molecule has 0 fully saturated rings. The number of aliphatic hydroxyl groups excluding tert-OH is 1. The van der Waals surface area contributed by atoms with Gasteiger partial charge in [-0.1, -0.05) is 60.7 Å². The van der Waals surface area contributed by atoms with E-state index in [1.54, 1.807) is 0 Å². The van der Waals surface area contributed by atoms with E-state index in [4.69, 9.17) is 9.47 Å². The van der Waals surface area contributed by atoms with Gasteiger partial charge in [-0.15, -0.1) is 0 Å². The Labute approximate surface area is 214 Å². The summed E-state index contributed by atoms with van der Waals surface area (Å²) in [6.45, 7) is 6.63. The van der Waals surface area contributed by atoms with Gasteiger partial charge < -0.3 is 19.9 Å². The van der Waals surface area contributed by atoms with Crippen molar-refractivity contribution in [1.29, 1.82) is 0 Å². The van der Waals surface area contributed by atoms with Gasteiger partial charge in [0.15, 0.2) is 0 Å². The highest BCUT2D eigenvalue weighted by atomic mass is 32.1. The van der Waals surface area contributed by atoms with Gasteiger partial charge in [-0.25, -0.2) is 4.79 Å². The maximum Gasteiger partial charge on any atom is 0.407 e. The molecule has 0 radical (unpaired) electrons. The van der Waals surface area contributed by atoms with Gasteiger partial charge in [0.1, 0.15) is 18.0 Å². The van der Waals surface area contributed by atoms with Gasteiger partial charge in [-0.05, 0) is 67.1 Å². The molecule has 0 spiro atoms. The highest BCUT2D eigenvalue weighted by molar-refractivity contribution is 7.59. The average molecular weight is 494 g/mol. The van der Waals surface area contributed by atoms with Crippen LogP contribution in [0, 0.1) is 5.92 Å². The maximum absolute atomic E-state index is 12.4. The molecule has 3 aromatic carbocycles. The fourth-order valence-electron chi connectivity index (χ4n) is 4.46. The maximum atomic E-state index is 12.4. The van der Waals surface area contributed by atoms with Crippen LogP contribution in [0.25, 0.3) is 11.1 Å². The molecule has 3 aromatic rings. The number of aliphatic hydroxyl groups is 1. The Morgan fingerprint density at radius 2 is 1.51 bits per heavy atom. The molecule has 4 rings (SSSR count). The molecule has 5 nitrogen and oxygen atoms in total. The highest BCUT2D eigenvalue weighted by Crippen LogP contribution is 2.44. The third kappa shape index (κ3) is 6.80. The van der Waals surface area contributed by atoms with Crippen LogP contribution in [0.5, 0.6) is 5.75 Å². The number of carbonyl (C=O) groups is 1. The standard InChI is InChI=1S/C29H33NO4.H2S/c1-29(2,3)34-22-14-12-20(13-15-22)16-21(18-31)17-30-28(32)33-19-27-25-10-6-4-8-23(25)24-9-5-7-11-26(24)27;/h4-15,21,27,31H,16-19H2,1-3H3,(H,30,32);1H2/t21-;/m0./s1. The van der Waals surface area contributed by atoms with Crippen LogP contribution in [0.15, 0.2) is 72.8 Å². The molecule has 0 bridgehead atoms. The zero-order chi connectivity index (χ0) is 24.1. The Bertz CT molecular complexity index is 1080. The summed E-state index contributed by atoms with van der Waals surface area (Å²) in [6, 6.07) is 24.4. The van der Waals surface area contributed by atoms with Gasteiger partial charge in [0.25, 0.3) is 0 Å². The Hall–Kier alpha value is -2.96. The number of hydrogen-bond acceptors (Lipinski definition) is 4. The van der Waals surface area contributed by atoms with Crippen molar-refractivity contribution in [3.63, 3.8) is 0 Å². The molecule has 1 aliphatic carbocycles. The number of fused-ring (bicyclic) bond motifs is 3. The largest absolute Gasteiger partial charge is 0.488 e. The summed E-state index contributed by atoms with van der Waals surface area (Å²) in [5.41, 5.74) is 5.60. The lowest BCUT2D eigenvalue weighted by Crippen LogP contribution is -2.33. The third-order valence-electron chi connectivity index (χ3n) is 6.01. The van der Waals surface area contributed by atoms with Crippen LogP contribution in [-0.4, -0.2) is 36.6 Å². The van der Waals surface area contributed by atoms with Crippen molar-refractivity contribution in [2.45, 2.75) is 38.7 Å². The van der Waals surface area contributed by atoms with Gasteiger partial charge in [-0.2, -0.15) is 13.5 Å². The van der Waals surface area contributed by atoms with Crippen molar-refractivity contribution in [2.75, 3.05) is 19.8 Å². The van der Waals surface area contributed by atoms with Gasteiger partial charge in [0.05, 0.1) is 0 Å². The number of hydrogen-bond donors (Lipinski definition) is 2. The lowest BCUT2D eigenvalue weighted by Gasteiger charge is -2.21. The summed E-state index contributed by atoms with van der Waals surface area (Å²) in [7, 11) is 0. The monoisotopic (exact) mass is 493 g/mol. The molecular weight excluding hydrogens is 458 g/mol.